The van der Waals surface area contributed by atoms with Gasteiger partial charge in [-0.05, 0) is 13.8 Å². The first-order valence-corrected chi connectivity index (χ1v) is 5.44. The van der Waals surface area contributed by atoms with E-state index in [4.69, 9.17) is 25.5 Å². The molecule has 7 nitrogen and oxygen atoms in total. The standard InChI is InChI=1S/C6H13N4O3P/c1-3-12-14(11,13-4-2)10(5-7)6(8)9/h3-4H2,1-2H3,(H3,8,9). The van der Waals surface area contributed by atoms with E-state index < -0.39 is 13.7 Å². The first kappa shape index (κ1) is 12.9. The summed E-state index contributed by atoms with van der Waals surface area (Å²) >= 11 is 0. The van der Waals surface area contributed by atoms with Gasteiger partial charge in [-0.25, -0.2) is 4.57 Å². The van der Waals surface area contributed by atoms with Gasteiger partial charge in [0.25, 0.3) is 0 Å². The van der Waals surface area contributed by atoms with E-state index in [1.54, 1.807) is 13.8 Å². The van der Waals surface area contributed by atoms with Gasteiger partial charge in [0.2, 0.25) is 5.96 Å². The number of nitrogens with one attached hydrogen (secondary N) is 1. The summed E-state index contributed by atoms with van der Waals surface area (Å²) in [6.07, 6.45) is 1.48. The fourth-order valence-electron chi connectivity index (χ4n) is 0.720. The average Bonchev–Trinajstić information content (AvgIpc) is 2.04. The van der Waals surface area contributed by atoms with Gasteiger partial charge in [0.1, 0.15) is 0 Å². The van der Waals surface area contributed by atoms with Crippen LogP contribution in [0.4, 0.5) is 0 Å². The monoisotopic (exact) mass is 220 g/mol. The van der Waals surface area contributed by atoms with Crippen molar-refractivity contribution in [3.63, 3.8) is 0 Å². The highest BCUT2D eigenvalue weighted by atomic mass is 31.2. The van der Waals surface area contributed by atoms with Crippen LogP contribution in [0.3, 0.4) is 0 Å². The fourth-order valence-corrected chi connectivity index (χ4v) is 2.05. The van der Waals surface area contributed by atoms with Gasteiger partial charge >= 0.3 is 7.75 Å². The molecule has 0 aromatic heterocycles. The molecule has 0 aliphatic carbocycles. The minimum Gasteiger partial charge on any atom is -0.369 e. The Hall–Kier alpha value is -1.09. The predicted octanol–water partition coefficient (Wildman–Crippen LogP) is 0.844. The highest BCUT2D eigenvalue weighted by molar-refractivity contribution is 7.52. The molecule has 0 amide bonds. The molecule has 0 saturated heterocycles. The van der Waals surface area contributed by atoms with Crippen LogP contribution in [-0.4, -0.2) is 23.8 Å². The Kier molecular flexibility index (Phi) is 5.16. The van der Waals surface area contributed by atoms with Crippen LogP contribution in [0, 0.1) is 16.9 Å². The van der Waals surface area contributed by atoms with Crippen molar-refractivity contribution < 1.29 is 13.6 Å². The maximum absolute atomic E-state index is 11.8. The number of nitrogens with zero attached hydrogens (tertiary/aromatic N) is 2. The molecule has 0 aliphatic rings. The number of nitrogens with two attached hydrogens (primary N) is 1. The van der Waals surface area contributed by atoms with Gasteiger partial charge in [-0.2, -0.15) is 9.93 Å². The van der Waals surface area contributed by atoms with Crippen LogP contribution in [0.25, 0.3) is 0 Å². The lowest BCUT2D eigenvalue weighted by Gasteiger charge is -2.22. The largest absolute Gasteiger partial charge is 0.450 e. The Morgan fingerprint density at radius 1 is 1.57 bits per heavy atom. The van der Waals surface area contributed by atoms with Crippen molar-refractivity contribution >= 4 is 13.7 Å². The Morgan fingerprint density at radius 3 is 2.21 bits per heavy atom. The molecule has 0 aromatic carbocycles. The minimum atomic E-state index is -3.76. The van der Waals surface area contributed by atoms with Crippen molar-refractivity contribution in [1.29, 1.82) is 10.7 Å². The molecule has 0 heterocycles. The van der Waals surface area contributed by atoms with E-state index in [9.17, 15) is 4.57 Å². The summed E-state index contributed by atoms with van der Waals surface area (Å²) in [4.78, 5) is 0. The summed E-state index contributed by atoms with van der Waals surface area (Å²) in [7, 11) is -3.76. The van der Waals surface area contributed by atoms with Crippen LogP contribution < -0.4 is 5.73 Å². The van der Waals surface area contributed by atoms with Gasteiger partial charge in [-0.3, -0.25) is 14.5 Å². The molecule has 8 heteroatoms. The topological polar surface area (TPSA) is 112 Å². The molecular formula is C6H13N4O3P. The van der Waals surface area contributed by atoms with Gasteiger partial charge < -0.3 is 5.73 Å². The highest BCUT2D eigenvalue weighted by Gasteiger charge is 2.34. The van der Waals surface area contributed by atoms with Gasteiger partial charge in [-0.15, -0.1) is 0 Å². The second-order valence-electron chi connectivity index (χ2n) is 2.10. The predicted molar refractivity (Wildman–Crippen MR) is 50.2 cm³/mol. The number of hydrogen-bond acceptors (Lipinski definition) is 5. The summed E-state index contributed by atoms with van der Waals surface area (Å²) in [5.41, 5.74) is 5.05. The van der Waals surface area contributed by atoms with Crippen LogP contribution >= 0.6 is 7.75 Å². The zero-order chi connectivity index (χ0) is 11.2. The summed E-state index contributed by atoms with van der Waals surface area (Å²) < 4.78 is 21.9. The van der Waals surface area contributed by atoms with E-state index in [1.165, 1.54) is 6.19 Å². The van der Waals surface area contributed by atoms with Crippen LogP contribution in [0.15, 0.2) is 0 Å². The van der Waals surface area contributed by atoms with Crippen LogP contribution in [0.2, 0.25) is 0 Å². The molecule has 0 radical (unpaired) electrons. The number of hydrogen-bond donors (Lipinski definition) is 2. The van der Waals surface area contributed by atoms with Crippen molar-refractivity contribution in [3.05, 3.63) is 0 Å². The molecule has 0 unspecified atom stereocenters. The second kappa shape index (κ2) is 5.60. The third kappa shape index (κ3) is 3.00. The zero-order valence-corrected chi connectivity index (χ0v) is 8.95. The summed E-state index contributed by atoms with van der Waals surface area (Å²) in [5.74, 6) is -0.669. The smallest absolute Gasteiger partial charge is 0.369 e. The molecule has 14 heavy (non-hydrogen) atoms. The quantitative estimate of drug-likeness (QED) is 0.233. The second-order valence-corrected chi connectivity index (χ2v) is 3.95. The highest BCUT2D eigenvalue weighted by Crippen LogP contribution is 2.51. The van der Waals surface area contributed by atoms with Crippen molar-refractivity contribution in [2.75, 3.05) is 13.2 Å². The van der Waals surface area contributed by atoms with Crippen molar-refractivity contribution in [1.82, 2.24) is 4.67 Å². The molecule has 0 aliphatic heterocycles. The maximum atomic E-state index is 11.8. The normalized spacial score (nSPS) is 10.6. The molecule has 0 bridgehead atoms. The maximum Gasteiger partial charge on any atom is 0.450 e. The van der Waals surface area contributed by atoms with Gasteiger partial charge in [0.05, 0.1) is 13.2 Å². The van der Waals surface area contributed by atoms with E-state index in [0.717, 1.165) is 0 Å². The molecule has 0 saturated carbocycles. The lowest BCUT2D eigenvalue weighted by atomic mass is 10.9. The van der Waals surface area contributed by atoms with Crippen molar-refractivity contribution in [3.8, 4) is 6.19 Å². The van der Waals surface area contributed by atoms with E-state index >= 15 is 0 Å². The number of nitriles is 1. The molecule has 0 spiro atoms. The van der Waals surface area contributed by atoms with E-state index in [1.807, 2.05) is 0 Å². The molecule has 0 fully saturated rings. The Labute approximate surface area is 82.5 Å². The SMILES string of the molecule is CCOP(=O)(OCC)N(C#N)C(=N)N. The van der Waals surface area contributed by atoms with E-state index in [0.29, 0.717) is 4.67 Å². The molecular weight excluding hydrogens is 207 g/mol. The van der Waals surface area contributed by atoms with Crippen LogP contribution in [-0.2, 0) is 13.6 Å². The van der Waals surface area contributed by atoms with E-state index in [-0.39, 0.29) is 13.2 Å². The summed E-state index contributed by atoms with van der Waals surface area (Å²) in [5, 5.41) is 15.6. The molecule has 0 aromatic rings. The zero-order valence-electron chi connectivity index (χ0n) is 8.06. The van der Waals surface area contributed by atoms with E-state index in [2.05, 4.69) is 0 Å². The molecule has 0 rings (SSSR count). The number of guanidine groups is 1. The summed E-state index contributed by atoms with van der Waals surface area (Å²) in [6.45, 7) is 3.40. The van der Waals surface area contributed by atoms with Crippen molar-refractivity contribution in [2.45, 2.75) is 13.8 Å². The Morgan fingerprint density at radius 2 is 2.00 bits per heavy atom. The Balaban J connectivity index is 4.88. The lowest BCUT2D eigenvalue weighted by Crippen LogP contribution is -2.31. The molecule has 0 atom stereocenters. The van der Waals surface area contributed by atoms with Crippen molar-refractivity contribution in [2.24, 2.45) is 5.73 Å². The third-order valence-corrected chi connectivity index (χ3v) is 3.12. The number of rotatable bonds is 5. The first-order chi connectivity index (χ1) is 6.51. The summed E-state index contributed by atoms with van der Waals surface area (Å²) in [6, 6.07) is 0. The fraction of sp³-hybridized carbons (Fsp3) is 0.667. The van der Waals surface area contributed by atoms with Crippen LogP contribution in [0.1, 0.15) is 13.8 Å². The molecule has 80 valence electrons. The lowest BCUT2D eigenvalue weighted by molar-refractivity contribution is 0.199. The van der Waals surface area contributed by atoms with Crippen LogP contribution in [0.5, 0.6) is 0 Å². The third-order valence-electron chi connectivity index (χ3n) is 1.15. The van der Waals surface area contributed by atoms with Gasteiger partial charge in [-0.1, -0.05) is 0 Å². The molecule has 3 N–H and O–H groups in total. The first-order valence-electron chi connectivity index (χ1n) is 3.95. The minimum absolute atomic E-state index is 0.0999. The Bertz CT molecular complexity index is 277. The van der Waals surface area contributed by atoms with Gasteiger partial charge in [0.15, 0.2) is 6.19 Å². The van der Waals surface area contributed by atoms with Gasteiger partial charge in [0, 0.05) is 0 Å². The average molecular weight is 220 g/mol.